The molecule has 1 aliphatic carbocycles. The number of aliphatic imine (C=N–C) groups is 1. The number of nitrogens with two attached hydrogens (primary N) is 1. The van der Waals surface area contributed by atoms with Gasteiger partial charge in [0.25, 0.3) is 0 Å². The summed E-state index contributed by atoms with van der Waals surface area (Å²) in [5, 5.41) is 8.09. The fourth-order valence-corrected chi connectivity index (χ4v) is 3.80. The Labute approximate surface area is 159 Å². The van der Waals surface area contributed by atoms with Crippen molar-refractivity contribution in [3.63, 3.8) is 0 Å². The third-order valence-corrected chi connectivity index (χ3v) is 5.26. The second-order valence-electron chi connectivity index (χ2n) is 6.20. The first-order chi connectivity index (χ1) is 12.7. The van der Waals surface area contributed by atoms with E-state index in [0.717, 1.165) is 29.6 Å². The lowest BCUT2D eigenvalue weighted by Crippen LogP contribution is -2.02. The van der Waals surface area contributed by atoms with Crippen LogP contribution in [0.25, 0.3) is 10.2 Å². The van der Waals surface area contributed by atoms with Gasteiger partial charge >= 0.3 is 0 Å². The molecule has 0 fully saturated rings. The van der Waals surface area contributed by atoms with E-state index in [-0.39, 0.29) is 1.43 Å². The summed E-state index contributed by atoms with van der Waals surface area (Å²) in [5.41, 5.74) is 9.97. The normalized spacial score (nSPS) is 18.6. The maximum Gasteiger partial charge on any atom is 0.101 e. The number of fused-ring (bicyclic) bond motifs is 1. The van der Waals surface area contributed by atoms with Crippen molar-refractivity contribution in [2.75, 3.05) is 0 Å². The highest BCUT2D eigenvalue weighted by Gasteiger charge is 2.14. The summed E-state index contributed by atoms with van der Waals surface area (Å²) in [6.45, 7) is 2.11. The SMILES string of the molecule is Cc1ccc2nc(C3C=CC(N)=CC3)sc2c1.N=CC1=CC=NC=CC1.[HH]. The van der Waals surface area contributed by atoms with Crippen LogP contribution in [-0.2, 0) is 0 Å². The molecule has 2 aromatic rings. The van der Waals surface area contributed by atoms with Gasteiger partial charge in [-0.25, -0.2) is 4.98 Å². The summed E-state index contributed by atoms with van der Waals surface area (Å²) in [6, 6.07) is 6.41. The van der Waals surface area contributed by atoms with Crippen LogP contribution >= 0.6 is 11.3 Å². The zero-order valence-corrected chi connectivity index (χ0v) is 15.5. The van der Waals surface area contributed by atoms with E-state index >= 15 is 0 Å². The molecule has 2 heterocycles. The highest BCUT2D eigenvalue weighted by atomic mass is 32.1. The number of hydrogen-bond acceptors (Lipinski definition) is 5. The van der Waals surface area contributed by atoms with Crippen LogP contribution in [0.2, 0.25) is 0 Å². The maximum absolute atomic E-state index is 6.91. The first kappa shape index (κ1) is 18.0. The van der Waals surface area contributed by atoms with Crippen LogP contribution in [0, 0.1) is 12.3 Å². The smallest absolute Gasteiger partial charge is 0.101 e. The molecular weight excluding hydrogens is 340 g/mol. The van der Waals surface area contributed by atoms with Crippen LogP contribution in [0.15, 0.2) is 71.0 Å². The van der Waals surface area contributed by atoms with Gasteiger partial charge in [-0.15, -0.1) is 11.3 Å². The number of rotatable bonds is 2. The van der Waals surface area contributed by atoms with Crippen LogP contribution in [0.4, 0.5) is 0 Å². The Kier molecular flexibility index (Phi) is 5.92. The molecule has 0 radical (unpaired) electrons. The van der Waals surface area contributed by atoms with Gasteiger partial charge in [0, 0.05) is 31.7 Å². The van der Waals surface area contributed by atoms with Gasteiger partial charge in [0.15, 0.2) is 0 Å². The molecule has 5 heteroatoms. The van der Waals surface area contributed by atoms with Gasteiger partial charge in [0.05, 0.1) is 10.2 Å². The fourth-order valence-electron chi connectivity index (χ4n) is 2.64. The van der Waals surface area contributed by atoms with E-state index in [2.05, 4.69) is 42.3 Å². The molecule has 1 unspecified atom stereocenters. The quantitative estimate of drug-likeness (QED) is 0.711. The fraction of sp³-hybridized carbons (Fsp3) is 0.190. The standard InChI is InChI=1S/C14H14N2S.C7H8N2.H2/c1-9-2-7-12-13(8-9)17-14(16-12)10-3-5-11(15)6-4-10;8-6-7-2-1-4-9-5-3-7;/h2-3,5-8,10H,4,15H2,1H3;1,3-6,8H,2H2;1H. The van der Waals surface area contributed by atoms with Crippen molar-refractivity contribution in [2.24, 2.45) is 10.7 Å². The molecule has 2 aliphatic rings. The number of hydrogen-bond donors (Lipinski definition) is 2. The Balaban J connectivity index is 0.000000224. The van der Waals surface area contributed by atoms with Crippen molar-refractivity contribution in [1.29, 1.82) is 5.41 Å². The Morgan fingerprint density at radius 3 is 3.04 bits per heavy atom. The van der Waals surface area contributed by atoms with Crippen molar-refractivity contribution in [2.45, 2.75) is 25.7 Å². The van der Waals surface area contributed by atoms with Gasteiger partial charge in [-0.2, -0.15) is 0 Å². The molecule has 3 N–H and O–H groups in total. The van der Waals surface area contributed by atoms with E-state index in [9.17, 15) is 0 Å². The number of aryl methyl sites for hydroxylation is 1. The summed E-state index contributed by atoms with van der Waals surface area (Å²) < 4.78 is 1.27. The predicted octanol–water partition coefficient (Wildman–Crippen LogP) is 5.29. The zero-order chi connectivity index (χ0) is 18.4. The van der Waals surface area contributed by atoms with Crippen LogP contribution in [0.5, 0.6) is 0 Å². The topological polar surface area (TPSA) is 75.1 Å². The molecule has 0 saturated heterocycles. The first-order valence-corrected chi connectivity index (χ1v) is 9.36. The monoisotopic (exact) mass is 364 g/mol. The average Bonchev–Trinajstić information content (AvgIpc) is 2.88. The lowest BCUT2D eigenvalue weighted by atomic mass is 10.0. The molecule has 26 heavy (non-hydrogen) atoms. The molecule has 1 aliphatic heterocycles. The molecule has 1 aromatic carbocycles. The molecule has 1 aromatic heterocycles. The summed E-state index contributed by atoms with van der Waals surface area (Å²) >= 11 is 1.79. The maximum atomic E-state index is 6.91. The number of nitrogens with zero attached hydrogens (tertiary/aromatic N) is 2. The van der Waals surface area contributed by atoms with Gasteiger partial charge in [-0.1, -0.05) is 24.3 Å². The number of benzene rings is 1. The number of nitrogens with one attached hydrogen (secondary N) is 1. The molecular formula is C21H24N4S. The summed E-state index contributed by atoms with van der Waals surface area (Å²) in [7, 11) is 0. The second-order valence-corrected chi connectivity index (χ2v) is 7.26. The molecule has 134 valence electrons. The number of thiazole rings is 1. The van der Waals surface area contributed by atoms with Gasteiger partial charge in [-0.3, -0.25) is 4.99 Å². The summed E-state index contributed by atoms with van der Waals surface area (Å²) in [5.74, 6) is 0.389. The van der Waals surface area contributed by atoms with Crippen molar-refractivity contribution < 1.29 is 1.43 Å². The van der Waals surface area contributed by atoms with Crippen LogP contribution in [-0.4, -0.2) is 17.4 Å². The van der Waals surface area contributed by atoms with Crippen molar-refractivity contribution in [3.8, 4) is 0 Å². The first-order valence-electron chi connectivity index (χ1n) is 8.54. The van der Waals surface area contributed by atoms with E-state index in [1.165, 1.54) is 21.5 Å². The van der Waals surface area contributed by atoms with Crippen molar-refractivity contribution in [1.82, 2.24) is 4.98 Å². The third kappa shape index (κ3) is 4.64. The minimum atomic E-state index is 0. The van der Waals surface area contributed by atoms with Crippen LogP contribution in [0.3, 0.4) is 0 Å². The second kappa shape index (κ2) is 8.54. The van der Waals surface area contributed by atoms with Gasteiger partial charge in [0.2, 0.25) is 0 Å². The van der Waals surface area contributed by atoms with E-state index in [0.29, 0.717) is 5.92 Å². The molecule has 4 nitrogen and oxygen atoms in total. The molecule has 4 rings (SSSR count). The van der Waals surface area contributed by atoms with E-state index in [1.54, 1.807) is 23.8 Å². The lowest BCUT2D eigenvalue weighted by Gasteiger charge is -2.10. The molecule has 1 atom stereocenters. The molecule has 0 amide bonds. The van der Waals surface area contributed by atoms with E-state index in [4.69, 9.17) is 16.1 Å². The van der Waals surface area contributed by atoms with Crippen LogP contribution < -0.4 is 5.73 Å². The third-order valence-electron chi connectivity index (χ3n) is 4.11. The lowest BCUT2D eigenvalue weighted by molar-refractivity contribution is 0.835. The van der Waals surface area contributed by atoms with Gasteiger partial charge in [-0.05, 0) is 55.2 Å². The highest BCUT2D eigenvalue weighted by Crippen LogP contribution is 2.32. The van der Waals surface area contributed by atoms with Gasteiger partial charge in [0.1, 0.15) is 5.01 Å². The molecule has 0 bridgehead atoms. The van der Waals surface area contributed by atoms with Crippen molar-refractivity contribution >= 4 is 34.0 Å². The average molecular weight is 365 g/mol. The van der Waals surface area contributed by atoms with Crippen molar-refractivity contribution in [3.05, 3.63) is 76.6 Å². The predicted molar refractivity (Wildman–Crippen MR) is 114 cm³/mol. The number of allylic oxidation sites excluding steroid dienone is 6. The summed E-state index contributed by atoms with van der Waals surface area (Å²) in [4.78, 5) is 8.58. The van der Waals surface area contributed by atoms with Crippen LogP contribution in [0.1, 0.15) is 30.8 Å². The Morgan fingerprint density at radius 1 is 1.38 bits per heavy atom. The van der Waals surface area contributed by atoms with E-state index < -0.39 is 0 Å². The number of aromatic nitrogens is 1. The highest BCUT2D eigenvalue weighted by molar-refractivity contribution is 7.18. The summed E-state index contributed by atoms with van der Waals surface area (Å²) in [6.07, 6.45) is 16.5. The molecule has 0 saturated carbocycles. The largest absolute Gasteiger partial charge is 0.399 e. The minimum absolute atomic E-state index is 0. The Morgan fingerprint density at radius 2 is 2.27 bits per heavy atom. The Hall–Kier alpha value is -2.79. The van der Waals surface area contributed by atoms with Gasteiger partial charge < -0.3 is 11.1 Å². The van der Waals surface area contributed by atoms with E-state index in [1.807, 2.05) is 18.2 Å². The molecule has 0 spiro atoms. The minimum Gasteiger partial charge on any atom is -0.399 e. The Bertz CT molecular complexity index is 950. The zero-order valence-electron chi connectivity index (χ0n) is 14.7.